The zero-order valence-corrected chi connectivity index (χ0v) is 17.1. The van der Waals surface area contributed by atoms with Crippen molar-refractivity contribution in [2.45, 2.75) is 55.6 Å². The summed E-state index contributed by atoms with van der Waals surface area (Å²) < 4.78 is 0. The molecule has 0 radical (unpaired) electrons. The van der Waals surface area contributed by atoms with E-state index in [-0.39, 0.29) is 17.7 Å². The Labute approximate surface area is 168 Å². The number of anilines is 2. The van der Waals surface area contributed by atoms with E-state index in [0.29, 0.717) is 10.1 Å². The third-order valence-corrected chi connectivity index (χ3v) is 7.62. The summed E-state index contributed by atoms with van der Waals surface area (Å²) in [6, 6.07) is 9.92. The van der Waals surface area contributed by atoms with E-state index in [2.05, 4.69) is 16.7 Å². The molecule has 6 heteroatoms. The summed E-state index contributed by atoms with van der Waals surface area (Å²) in [6.45, 7) is 1.91. The van der Waals surface area contributed by atoms with Crippen LogP contribution in [0.15, 0.2) is 35.2 Å². The van der Waals surface area contributed by atoms with Gasteiger partial charge < -0.3 is 10.6 Å². The highest BCUT2D eigenvalue weighted by Crippen LogP contribution is 2.38. The van der Waals surface area contributed by atoms with Crippen LogP contribution < -0.4 is 10.6 Å². The molecule has 0 aliphatic heterocycles. The van der Waals surface area contributed by atoms with Gasteiger partial charge in [-0.1, -0.05) is 25.0 Å². The maximum Gasteiger partial charge on any atom is 0.266 e. The zero-order valence-electron chi connectivity index (χ0n) is 15.4. The molecule has 1 aromatic carbocycles. The van der Waals surface area contributed by atoms with E-state index in [0.717, 1.165) is 34.0 Å². The first kappa shape index (κ1) is 18.6. The van der Waals surface area contributed by atoms with E-state index >= 15 is 0 Å². The van der Waals surface area contributed by atoms with Crippen LogP contribution >= 0.6 is 23.1 Å². The highest BCUT2D eigenvalue weighted by molar-refractivity contribution is 8.00. The van der Waals surface area contributed by atoms with Gasteiger partial charge >= 0.3 is 0 Å². The Morgan fingerprint density at radius 3 is 2.56 bits per heavy atom. The standard InChI is InChI=1S/C21H24N2O2S2/c1-13-12-18(23-20(24)14-10-11-14)27-19(13)21(25)22-16-8-4-5-9-17(16)26-15-6-2-3-7-15/h4-5,8-9,12,14-15H,2-3,6-7,10-11H2,1H3,(H,22,25)(H,23,24). The molecule has 0 saturated heterocycles. The Kier molecular flexibility index (Phi) is 5.55. The molecule has 2 aromatic rings. The highest BCUT2D eigenvalue weighted by Gasteiger charge is 2.30. The van der Waals surface area contributed by atoms with E-state index in [4.69, 9.17) is 0 Å². The fourth-order valence-corrected chi connectivity index (χ4v) is 5.68. The lowest BCUT2D eigenvalue weighted by Gasteiger charge is -2.14. The average molecular weight is 401 g/mol. The largest absolute Gasteiger partial charge is 0.320 e. The number of benzene rings is 1. The molecule has 2 saturated carbocycles. The van der Waals surface area contributed by atoms with Crippen LogP contribution in [0, 0.1) is 12.8 Å². The van der Waals surface area contributed by atoms with E-state index in [1.54, 1.807) is 0 Å². The van der Waals surface area contributed by atoms with Gasteiger partial charge in [0.1, 0.15) is 0 Å². The molecule has 142 valence electrons. The first-order valence-corrected chi connectivity index (χ1v) is 11.3. The average Bonchev–Trinajstić information content (AvgIpc) is 3.27. The molecule has 2 N–H and O–H groups in total. The van der Waals surface area contributed by atoms with Crippen molar-refractivity contribution in [3.8, 4) is 0 Å². The number of nitrogens with one attached hydrogen (secondary N) is 2. The quantitative estimate of drug-likeness (QED) is 0.655. The third kappa shape index (κ3) is 4.55. The molecule has 4 rings (SSSR count). The molecule has 1 heterocycles. The molecule has 4 nitrogen and oxygen atoms in total. The van der Waals surface area contributed by atoms with Gasteiger partial charge in [-0.05, 0) is 56.4 Å². The van der Waals surface area contributed by atoms with Gasteiger partial charge in [-0.15, -0.1) is 23.1 Å². The zero-order chi connectivity index (χ0) is 18.8. The summed E-state index contributed by atoms with van der Waals surface area (Å²) in [7, 11) is 0. The van der Waals surface area contributed by atoms with Gasteiger partial charge in [0, 0.05) is 16.1 Å². The number of amides is 2. The van der Waals surface area contributed by atoms with Crippen molar-refractivity contribution in [3.05, 3.63) is 40.8 Å². The van der Waals surface area contributed by atoms with E-state index in [9.17, 15) is 9.59 Å². The third-order valence-electron chi connectivity index (χ3n) is 5.05. The van der Waals surface area contributed by atoms with Crippen molar-refractivity contribution in [1.29, 1.82) is 0 Å². The molecule has 0 bridgehead atoms. The highest BCUT2D eigenvalue weighted by atomic mass is 32.2. The minimum Gasteiger partial charge on any atom is -0.320 e. The van der Waals surface area contributed by atoms with Crippen molar-refractivity contribution in [2.75, 3.05) is 10.6 Å². The molecule has 2 amide bonds. The molecule has 0 unspecified atom stereocenters. The Hall–Kier alpha value is -1.79. The van der Waals surface area contributed by atoms with Crippen LogP contribution in [-0.4, -0.2) is 17.1 Å². The first-order chi connectivity index (χ1) is 13.1. The van der Waals surface area contributed by atoms with E-state index in [1.807, 2.05) is 43.0 Å². The lowest BCUT2D eigenvalue weighted by molar-refractivity contribution is -0.117. The lowest BCUT2D eigenvalue weighted by atomic mass is 10.2. The van der Waals surface area contributed by atoms with Crippen molar-refractivity contribution >= 4 is 45.6 Å². The minimum atomic E-state index is -0.108. The molecule has 27 heavy (non-hydrogen) atoms. The van der Waals surface area contributed by atoms with Crippen LogP contribution in [-0.2, 0) is 4.79 Å². The number of carbonyl (C=O) groups is 2. The molecule has 2 aliphatic rings. The van der Waals surface area contributed by atoms with Crippen molar-refractivity contribution in [2.24, 2.45) is 5.92 Å². The molecule has 0 spiro atoms. The minimum absolute atomic E-state index is 0.0708. The molecular weight excluding hydrogens is 376 g/mol. The second-order valence-electron chi connectivity index (χ2n) is 7.36. The SMILES string of the molecule is Cc1cc(NC(=O)C2CC2)sc1C(=O)Nc1ccccc1SC1CCCC1. The van der Waals surface area contributed by atoms with Crippen LogP contribution in [0.25, 0.3) is 0 Å². The van der Waals surface area contributed by atoms with Gasteiger partial charge in [0.05, 0.1) is 15.6 Å². The van der Waals surface area contributed by atoms with Crippen LogP contribution in [0.5, 0.6) is 0 Å². The molecule has 1 aromatic heterocycles. The van der Waals surface area contributed by atoms with E-state index < -0.39 is 0 Å². The molecule has 2 aliphatic carbocycles. The number of carbonyl (C=O) groups excluding carboxylic acids is 2. The smallest absolute Gasteiger partial charge is 0.266 e. The lowest BCUT2D eigenvalue weighted by Crippen LogP contribution is -2.13. The van der Waals surface area contributed by atoms with Crippen molar-refractivity contribution in [1.82, 2.24) is 0 Å². The molecule has 0 atom stereocenters. The Balaban J connectivity index is 1.46. The number of para-hydroxylation sites is 1. The van der Waals surface area contributed by atoms with Gasteiger partial charge in [-0.2, -0.15) is 0 Å². The second kappa shape index (κ2) is 8.07. The van der Waals surface area contributed by atoms with Gasteiger partial charge in [0.25, 0.3) is 5.91 Å². The summed E-state index contributed by atoms with van der Waals surface area (Å²) >= 11 is 3.22. The Morgan fingerprint density at radius 1 is 1.07 bits per heavy atom. The van der Waals surface area contributed by atoms with Gasteiger partial charge in [0.2, 0.25) is 5.91 Å². The summed E-state index contributed by atoms with van der Waals surface area (Å²) in [5, 5.41) is 7.42. The molecule has 2 fully saturated rings. The van der Waals surface area contributed by atoms with Gasteiger partial charge in [-0.25, -0.2) is 0 Å². The maximum atomic E-state index is 12.8. The first-order valence-electron chi connectivity index (χ1n) is 9.58. The van der Waals surface area contributed by atoms with Gasteiger partial charge in [-0.3, -0.25) is 9.59 Å². The Morgan fingerprint density at radius 2 is 1.81 bits per heavy atom. The molecular formula is C21H24N2O2S2. The number of thioether (sulfide) groups is 1. The summed E-state index contributed by atoms with van der Waals surface area (Å²) in [4.78, 5) is 26.6. The maximum absolute atomic E-state index is 12.8. The van der Waals surface area contributed by atoms with E-state index in [1.165, 1.54) is 37.0 Å². The van der Waals surface area contributed by atoms with Crippen LogP contribution in [0.2, 0.25) is 0 Å². The topological polar surface area (TPSA) is 58.2 Å². The van der Waals surface area contributed by atoms with Crippen LogP contribution in [0.1, 0.15) is 53.8 Å². The number of rotatable bonds is 6. The fourth-order valence-electron chi connectivity index (χ4n) is 3.38. The normalized spacial score (nSPS) is 17.1. The number of thiophene rings is 1. The van der Waals surface area contributed by atoms with Crippen LogP contribution in [0.4, 0.5) is 10.7 Å². The fraction of sp³-hybridized carbons (Fsp3) is 0.429. The number of hydrogen-bond acceptors (Lipinski definition) is 4. The van der Waals surface area contributed by atoms with Crippen molar-refractivity contribution in [3.63, 3.8) is 0 Å². The predicted octanol–water partition coefficient (Wildman–Crippen LogP) is 5.69. The predicted molar refractivity (Wildman–Crippen MR) is 113 cm³/mol. The van der Waals surface area contributed by atoms with Crippen molar-refractivity contribution < 1.29 is 9.59 Å². The van der Waals surface area contributed by atoms with Crippen LogP contribution in [0.3, 0.4) is 0 Å². The second-order valence-corrected chi connectivity index (χ2v) is 9.76. The summed E-state index contributed by atoms with van der Waals surface area (Å²) in [5.74, 6) is 0.120. The summed E-state index contributed by atoms with van der Waals surface area (Å²) in [5.41, 5.74) is 1.76. The van der Waals surface area contributed by atoms with Gasteiger partial charge in [0.15, 0.2) is 0 Å². The number of hydrogen-bond donors (Lipinski definition) is 2. The monoisotopic (exact) mass is 400 g/mol. The number of aryl methyl sites for hydroxylation is 1. The summed E-state index contributed by atoms with van der Waals surface area (Å²) in [6.07, 6.45) is 7.05. The Bertz CT molecular complexity index is 852.